The third kappa shape index (κ3) is 4.36. The molecule has 0 saturated carbocycles. The lowest BCUT2D eigenvalue weighted by Gasteiger charge is -2.47. The Labute approximate surface area is 163 Å². The van der Waals surface area contributed by atoms with Gasteiger partial charge < -0.3 is 29.7 Å². The highest BCUT2D eigenvalue weighted by Crippen LogP contribution is 2.59. The zero-order valence-electron chi connectivity index (χ0n) is 15.3. The molecule has 2 aromatic carbocycles. The highest BCUT2D eigenvalue weighted by Gasteiger charge is 2.61. The second-order valence-electron chi connectivity index (χ2n) is 6.97. The Hall–Kier alpha value is -1.57. The van der Waals surface area contributed by atoms with Crippen LogP contribution in [0.4, 0.5) is 0 Å². The first-order chi connectivity index (χ1) is 13.4. The molecule has 2 unspecified atom stereocenters. The summed E-state index contributed by atoms with van der Waals surface area (Å²) < 4.78 is 24.2. The lowest BCUT2D eigenvalue weighted by Crippen LogP contribution is -2.62. The average molecular weight is 408 g/mol. The molecule has 1 aliphatic rings. The quantitative estimate of drug-likeness (QED) is 0.513. The van der Waals surface area contributed by atoms with Crippen molar-refractivity contribution in [1.29, 1.82) is 0 Å². The van der Waals surface area contributed by atoms with Gasteiger partial charge in [0.05, 0.1) is 32.1 Å². The van der Waals surface area contributed by atoms with Crippen molar-refractivity contribution in [2.45, 2.75) is 36.9 Å². The SMILES string of the molecule is O=P1(O)C[C@@H](O)[C@H](OCc2ccccc2)[C@H](OCc2ccccc2)C1(O)CO. The highest BCUT2D eigenvalue weighted by molar-refractivity contribution is 7.59. The summed E-state index contributed by atoms with van der Waals surface area (Å²) in [4.78, 5) is 10.3. The summed E-state index contributed by atoms with van der Waals surface area (Å²) in [6.45, 7) is -0.852. The van der Waals surface area contributed by atoms with Crippen LogP contribution in [0.3, 0.4) is 0 Å². The lowest BCUT2D eigenvalue weighted by atomic mass is 10.0. The van der Waals surface area contributed by atoms with Crippen molar-refractivity contribution in [2.75, 3.05) is 12.8 Å². The fraction of sp³-hybridized carbons (Fsp3) is 0.400. The van der Waals surface area contributed by atoms with E-state index in [0.717, 1.165) is 11.1 Å². The van der Waals surface area contributed by atoms with Gasteiger partial charge >= 0.3 is 0 Å². The largest absolute Gasteiger partial charge is 0.393 e. The van der Waals surface area contributed by atoms with Crippen LogP contribution in [0.5, 0.6) is 0 Å². The Kier molecular flexibility index (Phi) is 6.68. The number of hydrogen-bond acceptors (Lipinski definition) is 6. The van der Waals surface area contributed by atoms with Gasteiger partial charge in [-0.05, 0) is 11.1 Å². The third-order valence-corrected chi connectivity index (χ3v) is 7.44. The molecule has 8 heteroatoms. The van der Waals surface area contributed by atoms with E-state index in [-0.39, 0.29) is 13.2 Å². The Morgan fingerprint density at radius 1 is 0.964 bits per heavy atom. The Bertz CT molecular complexity index is 801. The van der Waals surface area contributed by atoms with Crippen LogP contribution in [0.2, 0.25) is 0 Å². The normalized spacial score (nSPS) is 32.9. The Balaban J connectivity index is 1.84. The van der Waals surface area contributed by atoms with Crippen molar-refractivity contribution >= 4 is 7.37 Å². The molecule has 0 spiro atoms. The molecular weight excluding hydrogens is 383 g/mol. The van der Waals surface area contributed by atoms with E-state index in [9.17, 15) is 24.8 Å². The van der Waals surface area contributed by atoms with Crippen molar-refractivity contribution in [3.8, 4) is 0 Å². The number of ether oxygens (including phenoxy) is 2. The molecule has 2 aromatic rings. The molecule has 1 aliphatic heterocycles. The molecule has 4 N–H and O–H groups in total. The lowest BCUT2D eigenvalue weighted by molar-refractivity contribution is -0.192. The molecule has 152 valence electrons. The first-order valence-electron chi connectivity index (χ1n) is 9.01. The van der Waals surface area contributed by atoms with Gasteiger partial charge in [-0.15, -0.1) is 0 Å². The van der Waals surface area contributed by atoms with Gasteiger partial charge in [-0.2, -0.15) is 0 Å². The molecule has 1 saturated heterocycles. The fourth-order valence-electron chi connectivity index (χ4n) is 3.33. The molecule has 0 amide bonds. The summed E-state index contributed by atoms with van der Waals surface area (Å²) in [5, 5.41) is 28.6. The van der Waals surface area contributed by atoms with E-state index in [1.807, 2.05) is 48.5 Å². The molecule has 0 aliphatic carbocycles. The molecule has 0 aromatic heterocycles. The van der Waals surface area contributed by atoms with E-state index in [2.05, 4.69) is 0 Å². The molecule has 0 bridgehead atoms. The summed E-state index contributed by atoms with van der Waals surface area (Å²) >= 11 is 0. The Morgan fingerprint density at radius 3 is 1.96 bits per heavy atom. The first-order valence-corrected chi connectivity index (χ1v) is 10.9. The van der Waals surface area contributed by atoms with E-state index in [4.69, 9.17) is 9.47 Å². The van der Waals surface area contributed by atoms with Crippen LogP contribution >= 0.6 is 7.37 Å². The standard InChI is InChI=1S/C20H25O7P/c21-14-20(23)19(27-12-16-9-5-2-6-10-16)18(17(22)13-28(20,24)25)26-11-15-7-3-1-4-8-15/h1-10,17-19,21-23H,11-14H2,(H,24,25)/t17-,18+,19+,20?/m1/s1. The number of rotatable bonds is 7. The summed E-state index contributed by atoms with van der Waals surface area (Å²) in [5.74, 6) is 0. The van der Waals surface area contributed by atoms with Crippen molar-refractivity contribution in [3.05, 3.63) is 71.8 Å². The minimum absolute atomic E-state index is 0.0196. The number of benzene rings is 2. The van der Waals surface area contributed by atoms with Crippen LogP contribution < -0.4 is 0 Å². The topological polar surface area (TPSA) is 116 Å². The van der Waals surface area contributed by atoms with Crippen molar-refractivity contribution in [1.82, 2.24) is 0 Å². The molecule has 3 rings (SSSR count). The van der Waals surface area contributed by atoms with Gasteiger partial charge in [-0.3, -0.25) is 4.57 Å². The predicted octanol–water partition coefficient (Wildman–Crippen LogP) is 1.48. The average Bonchev–Trinajstić information content (AvgIpc) is 2.70. The van der Waals surface area contributed by atoms with Crippen LogP contribution in [-0.2, 0) is 27.3 Å². The van der Waals surface area contributed by atoms with Crippen LogP contribution in [0.25, 0.3) is 0 Å². The summed E-state index contributed by atoms with van der Waals surface area (Å²) in [7, 11) is -4.32. The minimum atomic E-state index is -4.32. The van der Waals surface area contributed by atoms with E-state index in [0.29, 0.717) is 0 Å². The molecule has 0 radical (unpaired) electrons. The van der Waals surface area contributed by atoms with Gasteiger partial charge in [-0.1, -0.05) is 60.7 Å². The highest BCUT2D eigenvalue weighted by atomic mass is 31.2. The fourth-order valence-corrected chi connectivity index (χ4v) is 5.20. The zero-order valence-corrected chi connectivity index (χ0v) is 16.2. The Morgan fingerprint density at radius 2 is 1.46 bits per heavy atom. The van der Waals surface area contributed by atoms with Crippen molar-refractivity contribution < 1.29 is 34.3 Å². The van der Waals surface area contributed by atoms with Crippen LogP contribution in [0.15, 0.2) is 60.7 Å². The molecule has 1 heterocycles. The van der Waals surface area contributed by atoms with Gasteiger partial charge in [0, 0.05) is 0 Å². The first kappa shape index (κ1) is 21.1. The van der Waals surface area contributed by atoms with Crippen LogP contribution in [0, 0.1) is 0 Å². The molecular formula is C20H25O7P. The maximum absolute atomic E-state index is 12.6. The minimum Gasteiger partial charge on any atom is -0.393 e. The number of aliphatic hydroxyl groups excluding tert-OH is 2. The number of aliphatic hydroxyl groups is 3. The smallest absolute Gasteiger partial charge is 0.239 e. The summed E-state index contributed by atoms with van der Waals surface area (Å²) in [6, 6.07) is 18.3. The van der Waals surface area contributed by atoms with Crippen LogP contribution in [0.1, 0.15) is 11.1 Å². The van der Waals surface area contributed by atoms with Crippen molar-refractivity contribution in [3.63, 3.8) is 0 Å². The second-order valence-corrected chi connectivity index (χ2v) is 9.51. The summed E-state index contributed by atoms with van der Waals surface area (Å²) in [5.41, 5.74) is 1.61. The molecule has 28 heavy (non-hydrogen) atoms. The monoisotopic (exact) mass is 408 g/mol. The van der Waals surface area contributed by atoms with Gasteiger partial charge in [-0.25, -0.2) is 0 Å². The van der Waals surface area contributed by atoms with E-state index >= 15 is 0 Å². The second kappa shape index (κ2) is 8.84. The molecule has 5 atom stereocenters. The van der Waals surface area contributed by atoms with Gasteiger partial charge in [0.1, 0.15) is 12.2 Å². The predicted molar refractivity (Wildman–Crippen MR) is 103 cm³/mol. The van der Waals surface area contributed by atoms with E-state index in [1.54, 1.807) is 12.1 Å². The number of hydrogen-bond donors (Lipinski definition) is 4. The van der Waals surface area contributed by atoms with Crippen molar-refractivity contribution in [2.24, 2.45) is 0 Å². The van der Waals surface area contributed by atoms with Crippen LogP contribution in [-0.4, -0.2) is 56.6 Å². The van der Waals surface area contributed by atoms with E-state index < -0.39 is 43.8 Å². The van der Waals surface area contributed by atoms with E-state index in [1.165, 1.54) is 0 Å². The van der Waals surface area contributed by atoms with Gasteiger partial charge in [0.15, 0.2) is 5.34 Å². The maximum atomic E-state index is 12.6. The maximum Gasteiger partial charge on any atom is 0.239 e. The molecule has 7 nitrogen and oxygen atoms in total. The molecule has 1 fully saturated rings. The third-order valence-electron chi connectivity index (χ3n) is 4.96. The zero-order chi connectivity index (χ0) is 20.2. The van der Waals surface area contributed by atoms with Gasteiger partial charge in [0.25, 0.3) is 0 Å². The summed E-state index contributed by atoms with van der Waals surface area (Å²) in [6.07, 6.45) is -4.39. The van der Waals surface area contributed by atoms with Gasteiger partial charge in [0.2, 0.25) is 7.37 Å².